The second kappa shape index (κ2) is 5.13. The second-order valence-corrected chi connectivity index (χ2v) is 2.42. The highest BCUT2D eigenvalue weighted by molar-refractivity contribution is 6.26. The Morgan fingerprint density at radius 2 is 2.21 bits per heavy atom. The van der Waals surface area contributed by atoms with E-state index in [-0.39, 0.29) is 17.5 Å². The van der Waals surface area contributed by atoms with E-state index >= 15 is 0 Å². The largest absolute Gasteiger partial charge is 0.346 e. The Morgan fingerprint density at radius 1 is 1.57 bits per heavy atom. The lowest BCUT2D eigenvalue weighted by molar-refractivity contribution is -0.144. The monoisotopic (exact) mass is 214 g/mol. The van der Waals surface area contributed by atoms with Crippen LogP contribution in [0.3, 0.4) is 0 Å². The summed E-state index contributed by atoms with van der Waals surface area (Å²) in [7, 11) is 0. The molecule has 74 valence electrons. The molecule has 0 atom stereocenters. The molecule has 0 saturated carbocycles. The molecule has 0 saturated heterocycles. The molecule has 1 aromatic rings. The summed E-state index contributed by atoms with van der Waals surface area (Å²) in [4.78, 5) is 22.5. The van der Waals surface area contributed by atoms with Gasteiger partial charge >= 0.3 is 5.97 Å². The molecule has 1 aromatic heterocycles. The van der Waals surface area contributed by atoms with E-state index in [0.29, 0.717) is 0 Å². The molecule has 0 amide bonds. The first-order valence-electron chi connectivity index (χ1n) is 3.61. The summed E-state index contributed by atoms with van der Waals surface area (Å²) in [5.41, 5.74) is 2.07. The molecule has 6 nitrogen and oxygen atoms in total. The van der Waals surface area contributed by atoms with E-state index in [0.717, 1.165) is 0 Å². The van der Waals surface area contributed by atoms with Gasteiger partial charge in [-0.2, -0.15) is 5.48 Å². The van der Waals surface area contributed by atoms with Gasteiger partial charge in [0.2, 0.25) is 0 Å². The third-order valence-corrected chi connectivity index (χ3v) is 1.38. The van der Waals surface area contributed by atoms with Crippen molar-refractivity contribution in [1.82, 2.24) is 15.4 Å². The maximum atomic E-state index is 10.6. The van der Waals surface area contributed by atoms with Gasteiger partial charge in [-0.05, 0) is 6.07 Å². The van der Waals surface area contributed by atoms with Crippen molar-refractivity contribution in [2.45, 2.75) is 0 Å². The normalized spacial score (nSPS) is 9.21. The van der Waals surface area contributed by atoms with Crippen molar-refractivity contribution >= 4 is 23.4 Å². The van der Waals surface area contributed by atoms with Crippen LogP contribution in [0.25, 0.3) is 0 Å². The van der Waals surface area contributed by atoms with Crippen LogP contribution in [0.2, 0.25) is 0 Å². The molecule has 0 bridgehead atoms. The van der Waals surface area contributed by atoms with Crippen LogP contribution in [0.4, 0.5) is 0 Å². The summed E-state index contributed by atoms with van der Waals surface area (Å²) in [5.74, 6) is -1.03. The molecule has 0 aromatic carbocycles. The maximum absolute atomic E-state index is 10.6. The number of hydrogen-bond donors (Lipinski definition) is 2. The van der Waals surface area contributed by atoms with Gasteiger partial charge in [0, 0.05) is 12.4 Å². The van der Waals surface area contributed by atoms with Crippen LogP contribution >= 0.6 is 11.6 Å². The number of alkyl halides is 1. The predicted octanol–water partition coefficient (Wildman–Crippen LogP) is 0.0886. The molecule has 1 rings (SSSR count). The van der Waals surface area contributed by atoms with Crippen LogP contribution in [0, 0.1) is 5.41 Å². The van der Waals surface area contributed by atoms with Gasteiger partial charge in [-0.1, -0.05) is 0 Å². The second-order valence-electron chi connectivity index (χ2n) is 2.16. The highest BCUT2D eigenvalue weighted by atomic mass is 35.5. The summed E-state index contributed by atoms with van der Waals surface area (Å²) in [5, 5.41) is 7.34. The molecule has 2 N–H and O–H groups in total. The molecule has 0 spiro atoms. The number of halogens is 1. The summed E-state index contributed by atoms with van der Waals surface area (Å²) < 4.78 is 0. The van der Waals surface area contributed by atoms with Crippen molar-refractivity contribution in [2.75, 3.05) is 5.88 Å². The average molecular weight is 215 g/mol. The number of amidine groups is 1. The van der Waals surface area contributed by atoms with E-state index in [9.17, 15) is 4.79 Å². The molecule has 0 aliphatic heterocycles. The number of carbonyl (C=O) groups is 1. The lowest BCUT2D eigenvalue weighted by Gasteiger charge is -2.04. The first-order chi connectivity index (χ1) is 6.74. The number of carbonyl (C=O) groups excluding carboxylic acids is 1. The first-order valence-corrected chi connectivity index (χ1v) is 4.15. The summed E-state index contributed by atoms with van der Waals surface area (Å²) in [6, 6.07) is 1.61. The van der Waals surface area contributed by atoms with Gasteiger partial charge in [-0.3, -0.25) is 5.41 Å². The van der Waals surface area contributed by atoms with Crippen molar-refractivity contribution in [3.63, 3.8) is 0 Å². The predicted molar refractivity (Wildman–Crippen MR) is 48.8 cm³/mol. The zero-order chi connectivity index (χ0) is 10.4. The highest BCUT2D eigenvalue weighted by Crippen LogP contribution is 1.87. The third kappa shape index (κ3) is 2.98. The maximum Gasteiger partial charge on any atom is 0.346 e. The van der Waals surface area contributed by atoms with Gasteiger partial charge in [0.25, 0.3) is 0 Å². The van der Waals surface area contributed by atoms with Gasteiger partial charge < -0.3 is 4.84 Å². The lowest BCUT2D eigenvalue weighted by atomic mass is 10.5. The Morgan fingerprint density at radius 3 is 2.79 bits per heavy atom. The van der Waals surface area contributed by atoms with Gasteiger partial charge in [0.1, 0.15) is 5.88 Å². The number of aromatic nitrogens is 2. The molecule has 1 heterocycles. The Labute approximate surface area is 84.7 Å². The van der Waals surface area contributed by atoms with Crippen molar-refractivity contribution in [3.05, 3.63) is 24.3 Å². The van der Waals surface area contributed by atoms with Crippen LogP contribution < -0.4 is 5.48 Å². The number of rotatable bonds is 2. The highest BCUT2D eigenvalue weighted by Gasteiger charge is 2.06. The molecule has 7 heteroatoms. The van der Waals surface area contributed by atoms with Crippen LogP contribution in [0.5, 0.6) is 0 Å². The first kappa shape index (κ1) is 10.4. The van der Waals surface area contributed by atoms with Gasteiger partial charge in [-0.15, -0.1) is 11.6 Å². The number of hydroxylamine groups is 1. The molecule has 0 unspecified atom stereocenters. The molecular formula is C7H7ClN4O2. The molecule has 0 aliphatic carbocycles. The lowest BCUT2D eigenvalue weighted by Crippen LogP contribution is -2.29. The summed E-state index contributed by atoms with van der Waals surface area (Å²) in [6.45, 7) is 0. The molecule has 0 radical (unpaired) electrons. The molecule has 0 aliphatic rings. The van der Waals surface area contributed by atoms with Crippen LogP contribution in [0.15, 0.2) is 18.5 Å². The van der Waals surface area contributed by atoms with E-state index in [1.807, 2.05) is 0 Å². The minimum Gasteiger partial charge on any atom is -0.340 e. The fourth-order valence-electron chi connectivity index (χ4n) is 0.609. The molecular weight excluding hydrogens is 208 g/mol. The zero-order valence-electron chi connectivity index (χ0n) is 7.03. The Balaban J connectivity index is 2.48. The zero-order valence-corrected chi connectivity index (χ0v) is 7.78. The van der Waals surface area contributed by atoms with Crippen molar-refractivity contribution in [1.29, 1.82) is 5.41 Å². The SMILES string of the molecule is N=C(NOC(=O)CCl)c1ncccn1. The van der Waals surface area contributed by atoms with Crippen LogP contribution in [-0.2, 0) is 9.63 Å². The fourth-order valence-corrected chi connectivity index (χ4v) is 0.664. The number of nitrogens with zero attached hydrogens (tertiary/aromatic N) is 2. The average Bonchev–Trinajstić information content (AvgIpc) is 2.26. The van der Waals surface area contributed by atoms with Gasteiger partial charge in [0.15, 0.2) is 11.7 Å². The molecule has 0 fully saturated rings. The van der Waals surface area contributed by atoms with Crippen molar-refractivity contribution < 1.29 is 9.63 Å². The topological polar surface area (TPSA) is 88.0 Å². The van der Waals surface area contributed by atoms with Gasteiger partial charge in [0.05, 0.1) is 0 Å². The van der Waals surface area contributed by atoms with E-state index in [1.165, 1.54) is 12.4 Å². The van der Waals surface area contributed by atoms with E-state index in [4.69, 9.17) is 17.0 Å². The Hall–Kier alpha value is -1.69. The standard InChI is InChI=1S/C7H7ClN4O2/c8-4-5(13)14-12-6(9)7-10-2-1-3-11-7/h1-3H,4H2,(H2,9,12). The third-order valence-electron chi connectivity index (χ3n) is 1.17. The molecule has 14 heavy (non-hydrogen) atoms. The van der Waals surface area contributed by atoms with Crippen LogP contribution in [-0.4, -0.2) is 27.7 Å². The van der Waals surface area contributed by atoms with Crippen molar-refractivity contribution in [2.24, 2.45) is 0 Å². The van der Waals surface area contributed by atoms with E-state index in [2.05, 4.69) is 20.3 Å². The quantitative estimate of drug-likeness (QED) is 0.315. The summed E-state index contributed by atoms with van der Waals surface area (Å²) in [6.07, 6.45) is 2.95. The number of hydrogen-bond acceptors (Lipinski definition) is 5. The van der Waals surface area contributed by atoms with E-state index < -0.39 is 5.97 Å². The van der Waals surface area contributed by atoms with Gasteiger partial charge in [-0.25, -0.2) is 14.8 Å². The Kier molecular flexibility index (Phi) is 3.81. The minimum atomic E-state index is -0.674. The fraction of sp³-hybridized carbons (Fsp3) is 0.143. The van der Waals surface area contributed by atoms with Crippen molar-refractivity contribution in [3.8, 4) is 0 Å². The van der Waals surface area contributed by atoms with E-state index in [1.54, 1.807) is 6.07 Å². The van der Waals surface area contributed by atoms with Crippen LogP contribution in [0.1, 0.15) is 5.82 Å². The number of nitrogens with one attached hydrogen (secondary N) is 2. The smallest absolute Gasteiger partial charge is 0.340 e. The minimum absolute atomic E-state index is 0.134. The summed E-state index contributed by atoms with van der Waals surface area (Å²) >= 11 is 5.17. The Bertz CT molecular complexity index is 330.